The average molecular weight is 557 g/mol. The van der Waals surface area contributed by atoms with Crippen molar-refractivity contribution in [3.8, 4) is 11.5 Å². The van der Waals surface area contributed by atoms with Crippen LogP contribution in [-0.4, -0.2) is 47.0 Å². The number of hydrazone groups is 2. The number of nitrogens with one attached hydrogen (secondary N) is 2. The first-order chi connectivity index (χ1) is 20.7. The topological polar surface area (TPSA) is 119 Å². The van der Waals surface area contributed by atoms with Gasteiger partial charge in [0, 0.05) is 21.5 Å². The summed E-state index contributed by atoms with van der Waals surface area (Å²) in [7, 11) is 3.28. The van der Waals surface area contributed by atoms with Gasteiger partial charge in [0.2, 0.25) is 0 Å². The minimum Gasteiger partial charge on any atom is -0.497 e. The summed E-state index contributed by atoms with van der Waals surface area (Å²) in [5, 5.41) is 28.5. The van der Waals surface area contributed by atoms with E-state index in [1.54, 1.807) is 39.0 Å². The predicted molar refractivity (Wildman–Crippen MR) is 167 cm³/mol. The molecule has 0 atom stereocenters. The van der Waals surface area contributed by atoms with Gasteiger partial charge in [0.1, 0.15) is 11.5 Å². The highest BCUT2D eigenvalue weighted by atomic mass is 16.5. The molecule has 6 aromatic rings. The molecule has 2 aromatic heterocycles. The van der Waals surface area contributed by atoms with Crippen molar-refractivity contribution in [2.75, 3.05) is 25.1 Å². The van der Waals surface area contributed by atoms with E-state index in [1.165, 1.54) is 0 Å². The second-order valence-corrected chi connectivity index (χ2v) is 8.85. The first kappa shape index (κ1) is 27.7. The molecule has 0 aliphatic heterocycles. The summed E-state index contributed by atoms with van der Waals surface area (Å²) in [5.41, 5.74) is 7.74. The minimum absolute atomic E-state index is 0.632. The fraction of sp³-hybridized carbons (Fsp3) is 0.0625. The van der Waals surface area contributed by atoms with Gasteiger partial charge in [-0.2, -0.15) is 20.4 Å². The van der Waals surface area contributed by atoms with Gasteiger partial charge in [-0.3, -0.25) is 10.9 Å². The van der Waals surface area contributed by atoms with Gasteiger partial charge in [-0.05, 0) is 35.4 Å². The van der Waals surface area contributed by atoms with Crippen LogP contribution in [0.2, 0.25) is 0 Å². The first-order valence-corrected chi connectivity index (χ1v) is 13.0. The zero-order valence-corrected chi connectivity index (χ0v) is 23.0. The summed E-state index contributed by atoms with van der Waals surface area (Å²) in [4.78, 5) is 0. The van der Waals surface area contributed by atoms with Crippen LogP contribution in [0.4, 0.5) is 11.6 Å². The van der Waals surface area contributed by atoms with Crippen molar-refractivity contribution < 1.29 is 9.47 Å². The van der Waals surface area contributed by atoms with Crippen molar-refractivity contribution in [2.24, 2.45) is 10.2 Å². The van der Waals surface area contributed by atoms with Gasteiger partial charge >= 0.3 is 0 Å². The molecular weight excluding hydrogens is 528 g/mol. The molecule has 0 amide bonds. The summed E-state index contributed by atoms with van der Waals surface area (Å²) in [6, 6.07) is 31.1. The Bertz CT molecular complexity index is 1700. The number of methoxy groups -OCH3 is 2. The smallest absolute Gasteiger partial charge is 0.176 e. The van der Waals surface area contributed by atoms with E-state index in [4.69, 9.17) is 9.47 Å². The number of benzene rings is 4. The number of hydrogen-bond acceptors (Lipinski definition) is 10. The maximum atomic E-state index is 5.17. The monoisotopic (exact) mass is 556 g/mol. The lowest BCUT2D eigenvalue weighted by Crippen LogP contribution is -1.96. The van der Waals surface area contributed by atoms with Gasteiger partial charge in [-0.1, -0.05) is 72.8 Å². The molecule has 42 heavy (non-hydrogen) atoms. The van der Waals surface area contributed by atoms with Gasteiger partial charge in [0.15, 0.2) is 11.6 Å². The zero-order valence-electron chi connectivity index (χ0n) is 23.0. The molecule has 0 fully saturated rings. The lowest BCUT2D eigenvalue weighted by molar-refractivity contribution is 0.414. The number of aromatic nitrogens is 4. The van der Waals surface area contributed by atoms with Crippen LogP contribution >= 0.6 is 0 Å². The second-order valence-electron chi connectivity index (χ2n) is 8.85. The third-order valence-electron chi connectivity index (χ3n) is 6.10. The summed E-state index contributed by atoms with van der Waals surface area (Å²) in [6.45, 7) is 0. The quantitative estimate of drug-likeness (QED) is 0.169. The standard InChI is InChI=1S/2C16H14N4O/c2*1-21-14-7-4-5-12(9-14)10-17-19-16-15-8-3-2-6-13(15)11-18-20-16/h2*2-11H,1H3,(H,19,20)/b2*17-10+. The predicted octanol–water partition coefficient (Wildman–Crippen LogP) is 6.17. The minimum atomic E-state index is 0.632. The summed E-state index contributed by atoms with van der Waals surface area (Å²) in [5.74, 6) is 2.85. The molecule has 0 aliphatic rings. The number of ether oxygens (including phenoxy) is 2. The fourth-order valence-electron chi connectivity index (χ4n) is 4.00. The van der Waals surface area contributed by atoms with Crippen LogP contribution in [0.5, 0.6) is 11.5 Å². The Morgan fingerprint density at radius 2 is 1.02 bits per heavy atom. The lowest BCUT2D eigenvalue weighted by atomic mass is 10.2. The Kier molecular flexibility index (Phi) is 9.18. The highest BCUT2D eigenvalue weighted by Crippen LogP contribution is 2.20. The highest BCUT2D eigenvalue weighted by molar-refractivity contribution is 5.92. The molecule has 2 N–H and O–H groups in total. The third kappa shape index (κ3) is 7.19. The van der Waals surface area contributed by atoms with E-state index in [2.05, 4.69) is 41.4 Å². The molecule has 10 nitrogen and oxygen atoms in total. The SMILES string of the molecule is COc1cccc(/C=N/Nc2nncc3ccccc23)c1.COc1cccc(/C=N/Nc2nncc3ccccc23)c1. The Hall–Kier alpha value is -5.90. The van der Waals surface area contributed by atoms with Crippen molar-refractivity contribution in [1.29, 1.82) is 0 Å². The Morgan fingerprint density at radius 3 is 1.48 bits per heavy atom. The van der Waals surface area contributed by atoms with Gasteiger partial charge in [0.05, 0.1) is 39.0 Å². The molecule has 0 spiro atoms. The molecule has 4 aromatic carbocycles. The highest BCUT2D eigenvalue weighted by Gasteiger charge is 2.02. The molecule has 0 unspecified atom stereocenters. The Balaban J connectivity index is 0.000000168. The second kappa shape index (κ2) is 13.9. The number of rotatable bonds is 8. The third-order valence-corrected chi connectivity index (χ3v) is 6.10. The van der Waals surface area contributed by atoms with Crippen molar-refractivity contribution in [2.45, 2.75) is 0 Å². The van der Waals surface area contributed by atoms with Gasteiger partial charge < -0.3 is 9.47 Å². The molecule has 208 valence electrons. The van der Waals surface area contributed by atoms with Crippen LogP contribution in [0.25, 0.3) is 21.5 Å². The molecule has 6 rings (SSSR count). The lowest BCUT2D eigenvalue weighted by Gasteiger charge is -2.03. The molecule has 0 saturated carbocycles. The fourth-order valence-corrected chi connectivity index (χ4v) is 4.00. The van der Waals surface area contributed by atoms with E-state index < -0.39 is 0 Å². The number of hydrogen-bond donors (Lipinski definition) is 2. The first-order valence-electron chi connectivity index (χ1n) is 13.0. The average Bonchev–Trinajstić information content (AvgIpc) is 3.05. The summed E-state index contributed by atoms with van der Waals surface area (Å²) in [6.07, 6.45) is 6.89. The normalized spacial score (nSPS) is 10.9. The number of anilines is 2. The maximum absolute atomic E-state index is 5.17. The van der Waals surface area contributed by atoms with Crippen LogP contribution in [-0.2, 0) is 0 Å². The van der Waals surface area contributed by atoms with Gasteiger partial charge in [-0.15, -0.1) is 10.2 Å². The Morgan fingerprint density at radius 1 is 0.571 bits per heavy atom. The van der Waals surface area contributed by atoms with Crippen molar-refractivity contribution in [3.63, 3.8) is 0 Å². The van der Waals surface area contributed by atoms with Gasteiger partial charge in [0.25, 0.3) is 0 Å². The molecule has 0 radical (unpaired) electrons. The van der Waals surface area contributed by atoms with Crippen molar-refractivity contribution in [1.82, 2.24) is 20.4 Å². The molecule has 0 saturated heterocycles. The molecule has 0 aliphatic carbocycles. The number of nitrogens with zero attached hydrogens (tertiary/aromatic N) is 6. The van der Waals surface area contributed by atoms with E-state index in [1.807, 2.05) is 97.1 Å². The van der Waals surface area contributed by atoms with Crippen molar-refractivity contribution in [3.05, 3.63) is 121 Å². The Labute approximate surface area is 242 Å². The molecule has 0 bridgehead atoms. The van der Waals surface area contributed by atoms with E-state index in [9.17, 15) is 0 Å². The summed E-state index contributed by atoms with van der Waals surface area (Å²) >= 11 is 0. The van der Waals surface area contributed by atoms with Crippen LogP contribution in [0.15, 0.2) is 120 Å². The van der Waals surface area contributed by atoms with Crippen LogP contribution in [0, 0.1) is 0 Å². The van der Waals surface area contributed by atoms with E-state index in [-0.39, 0.29) is 0 Å². The zero-order chi connectivity index (χ0) is 29.0. The molecule has 10 heteroatoms. The maximum Gasteiger partial charge on any atom is 0.176 e. The summed E-state index contributed by atoms with van der Waals surface area (Å²) < 4.78 is 10.3. The van der Waals surface area contributed by atoms with E-state index >= 15 is 0 Å². The molecule has 2 heterocycles. The largest absolute Gasteiger partial charge is 0.497 e. The van der Waals surface area contributed by atoms with Crippen LogP contribution < -0.4 is 20.3 Å². The van der Waals surface area contributed by atoms with E-state index in [0.717, 1.165) is 44.2 Å². The van der Waals surface area contributed by atoms with Gasteiger partial charge in [-0.25, -0.2) is 0 Å². The van der Waals surface area contributed by atoms with Crippen LogP contribution in [0.3, 0.4) is 0 Å². The van der Waals surface area contributed by atoms with Crippen molar-refractivity contribution >= 4 is 45.6 Å². The van der Waals surface area contributed by atoms with Crippen LogP contribution in [0.1, 0.15) is 11.1 Å². The number of fused-ring (bicyclic) bond motifs is 2. The molecular formula is C32H28N8O2. The van der Waals surface area contributed by atoms with E-state index in [0.29, 0.717) is 11.6 Å².